The van der Waals surface area contributed by atoms with E-state index >= 15 is 0 Å². The summed E-state index contributed by atoms with van der Waals surface area (Å²) in [5.41, 5.74) is 13.7. The van der Waals surface area contributed by atoms with E-state index < -0.39 is 11.7 Å². The van der Waals surface area contributed by atoms with Gasteiger partial charge in [0.1, 0.15) is 0 Å². The number of halogens is 3. The molecule has 0 spiro atoms. The van der Waals surface area contributed by atoms with Crippen molar-refractivity contribution in [2.24, 2.45) is 0 Å². The molecule has 4 heteroatoms. The van der Waals surface area contributed by atoms with Crippen molar-refractivity contribution in [3.8, 4) is 0 Å². The molecule has 1 heterocycles. The molecule has 0 atom stereocenters. The first-order chi connectivity index (χ1) is 37.2. The zero-order chi connectivity index (χ0) is 56.8. The van der Waals surface area contributed by atoms with Crippen molar-refractivity contribution in [3.05, 3.63) is 316 Å². The Morgan fingerprint density at radius 1 is 0.296 bits per heavy atom. The largest absolute Gasteiger partial charge is 0.416 e. The van der Waals surface area contributed by atoms with E-state index in [1.807, 2.05) is 60.8 Å². The summed E-state index contributed by atoms with van der Waals surface area (Å²) in [5, 5.41) is 0. The highest BCUT2D eigenvalue weighted by Gasteiger charge is 2.29. The van der Waals surface area contributed by atoms with Crippen molar-refractivity contribution in [1.29, 1.82) is 0 Å². The molecule has 440 valence electrons. The predicted molar refractivity (Wildman–Crippen MR) is 357 cm³/mol. The van der Waals surface area contributed by atoms with Gasteiger partial charge in [-0.2, -0.15) is 13.2 Å². The summed E-state index contributed by atoms with van der Waals surface area (Å²) in [5.74, 6) is 0. The van der Waals surface area contributed by atoms with Gasteiger partial charge in [-0.15, -0.1) is 0 Å². The second-order valence-electron chi connectivity index (χ2n) is 18.1. The number of hydrogen-bond acceptors (Lipinski definition) is 1. The van der Waals surface area contributed by atoms with E-state index in [4.69, 9.17) is 0 Å². The zero-order valence-electron chi connectivity index (χ0n) is 48.4. The number of nitrogens with zero attached hydrogens (tertiary/aromatic N) is 1. The molecule has 0 bridgehead atoms. The van der Waals surface area contributed by atoms with E-state index in [0.29, 0.717) is 5.56 Å². The normalized spacial score (nSPS) is 9.11. The number of pyridine rings is 1. The first-order valence-corrected chi connectivity index (χ1v) is 27.5. The van der Waals surface area contributed by atoms with Crippen LogP contribution in [0, 0.1) is 27.7 Å². The molecule has 0 aliphatic rings. The number of rotatable bonds is 8. The number of hydrogen-bond donors (Lipinski definition) is 0. The fourth-order valence-corrected chi connectivity index (χ4v) is 6.69. The Morgan fingerprint density at radius 3 is 0.815 bits per heavy atom. The second-order valence-corrected chi connectivity index (χ2v) is 18.1. The lowest BCUT2D eigenvalue weighted by Crippen LogP contribution is -2.04. The van der Waals surface area contributed by atoms with Crippen LogP contribution < -0.4 is 0 Å². The molecule has 0 radical (unpaired) electrons. The molecule has 0 N–H and O–H groups in total. The van der Waals surface area contributed by atoms with Crippen LogP contribution in [0.1, 0.15) is 151 Å². The predicted octanol–water partition coefficient (Wildman–Crippen LogP) is 23.7. The van der Waals surface area contributed by atoms with Gasteiger partial charge < -0.3 is 0 Å². The van der Waals surface area contributed by atoms with Crippen LogP contribution in [0.3, 0.4) is 0 Å². The zero-order valence-corrected chi connectivity index (χ0v) is 48.4. The number of aromatic nitrogens is 1. The van der Waals surface area contributed by atoms with Gasteiger partial charge >= 0.3 is 6.18 Å². The molecular formula is C77H106F3N. The quantitative estimate of drug-likeness (QED) is 0.148. The molecule has 0 saturated carbocycles. The van der Waals surface area contributed by atoms with Crippen LogP contribution in [0.2, 0.25) is 0 Å². The average Bonchev–Trinajstić information content (AvgIpc) is 3.48. The summed E-state index contributed by atoms with van der Waals surface area (Å²) in [6.07, 6.45) is 6.78. The first-order valence-electron chi connectivity index (χ1n) is 27.5. The summed E-state index contributed by atoms with van der Waals surface area (Å²) in [7, 11) is 0. The number of aryl methyl sites for hydroxylation is 11. The minimum atomic E-state index is -4.22. The number of benzene rings is 8. The Kier molecular flexibility index (Phi) is 51.6. The van der Waals surface area contributed by atoms with E-state index in [1.54, 1.807) is 13.0 Å². The van der Waals surface area contributed by atoms with Crippen molar-refractivity contribution in [2.45, 2.75) is 163 Å². The van der Waals surface area contributed by atoms with Gasteiger partial charge in [-0.25, -0.2) is 0 Å². The van der Waals surface area contributed by atoms with Crippen LogP contribution in [-0.2, 0) is 51.1 Å². The summed E-state index contributed by atoms with van der Waals surface area (Å²) in [4.78, 5) is 4.10. The maximum Gasteiger partial charge on any atom is 0.416 e. The van der Waals surface area contributed by atoms with E-state index in [-0.39, 0.29) is 29.7 Å². The average molecular weight is 1100 g/mol. The van der Waals surface area contributed by atoms with E-state index in [0.717, 1.165) is 56.4 Å². The fourth-order valence-electron chi connectivity index (χ4n) is 6.69. The van der Waals surface area contributed by atoms with Crippen LogP contribution in [0.25, 0.3) is 0 Å². The third kappa shape index (κ3) is 43.2. The van der Waals surface area contributed by atoms with E-state index in [9.17, 15) is 13.2 Å². The maximum atomic E-state index is 12.0. The Labute approximate surface area is 494 Å². The summed E-state index contributed by atoms with van der Waals surface area (Å²) in [6.45, 7) is 23.1. The van der Waals surface area contributed by atoms with Crippen LogP contribution in [0.4, 0.5) is 13.2 Å². The molecule has 9 rings (SSSR count). The third-order valence-electron chi connectivity index (χ3n) is 11.6. The van der Waals surface area contributed by atoms with Crippen LogP contribution in [0.5, 0.6) is 0 Å². The minimum Gasteiger partial charge on any atom is -0.261 e. The molecule has 0 aliphatic heterocycles. The lowest BCUT2D eigenvalue weighted by atomic mass is 10.1. The fraction of sp³-hybridized carbons (Fsp3) is 0.312. The van der Waals surface area contributed by atoms with Gasteiger partial charge in [0, 0.05) is 11.9 Å². The van der Waals surface area contributed by atoms with Crippen molar-refractivity contribution >= 4 is 0 Å². The van der Waals surface area contributed by atoms with Crippen LogP contribution >= 0.6 is 0 Å². The topological polar surface area (TPSA) is 12.9 Å². The van der Waals surface area contributed by atoms with Gasteiger partial charge in [0.2, 0.25) is 0 Å². The Balaban J connectivity index is -0.000000410. The Morgan fingerprint density at radius 2 is 0.593 bits per heavy atom. The minimum absolute atomic E-state index is 0. The SMILES string of the molecule is C.C.C.C.CCCc1ccccc1.CCc1ccc(C)cc1.CCc1ccc(C)cc1.CCc1ccccc1.CCc1ccccc1.CCc1ccccc1.CCc1ccccn1.Cc1cccc(C(F)(F)F)c1.Cc1ccccc1. The molecule has 8 aromatic carbocycles. The standard InChI is InChI=1S/3C9H12.C8H7F3.3C8H10.C7H9N.C7H8.4CH4/c2*1-3-9-6-4-8(2)5-7-9;1-2-6-9-7-4-3-5-8-9;1-6-3-2-4-7(5-6)8(9,10)11;3*1-2-8-6-4-3-5-7-8;1-2-7-5-3-4-6-8-7;1-7-5-3-2-4-6-7;;;;/h2*4-7H,3H2,1-2H3;3-5,7-8H,2,6H2,1H3;2-5H,1H3;3*3-7H,2H2,1H3;3-6H,2H2,1H3;2-6H,1H3;4*1H4. The van der Waals surface area contributed by atoms with Gasteiger partial charge in [-0.3, -0.25) is 4.98 Å². The molecule has 0 fully saturated rings. The molecule has 81 heavy (non-hydrogen) atoms. The Bertz CT molecular complexity index is 2470. The highest BCUT2D eigenvalue weighted by atomic mass is 19.4. The molecule has 1 aromatic heterocycles. The van der Waals surface area contributed by atoms with Gasteiger partial charge in [-0.1, -0.05) is 331 Å². The van der Waals surface area contributed by atoms with Gasteiger partial charge in [0.05, 0.1) is 5.56 Å². The van der Waals surface area contributed by atoms with Gasteiger partial charge in [0.25, 0.3) is 0 Å². The molecule has 0 saturated heterocycles. The van der Waals surface area contributed by atoms with Crippen LogP contribution in [-0.4, -0.2) is 4.98 Å². The second kappa shape index (κ2) is 52.1. The molecule has 0 aliphatic carbocycles. The third-order valence-corrected chi connectivity index (χ3v) is 11.6. The first kappa shape index (κ1) is 80.2. The molecule has 0 amide bonds. The van der Waals surface area contributed by atoms with E-state index in [1.165, 1.54) is 69.0 Å². The summed E-state index contributed by atoms with van der Waals surface area (Å²) < 4.78 is 35.9. The van der Waals surface area contributed by atoms with Crippen molar-refractivity contribution in [1.82, 2.24) is 4.98 Å². The van der Waals surface area contributed by atoms with Crippen molar-refractivity contribution in [2.75, 3.05) is 0 Å². The van der Waals surface area contributed by atoms with Crippen molar-refractivity contribution in [3.63, 3.8) is 0 Å². The summed E-state index contributed by atoms with van der Waals surface area (Å²) in [6, 6.07) is 80.7. The van der Waals surface area contributed by atoms with E-state index in [2.05, 4.69) is 238 Å². The monoisotopic (exact) mass is 1100 g/mol. The van der Waals surface area contributed by atoms with Crippen LogP contribution in [0.15, 0.2) is 249 Å². The lowest BCUT2D eigenvalue weighted by molar-refractivity contribution is -0.137. The van der Waals surface area contributed by atoms with Crippen molar-refractivity contribution < 1.29 is 13.2 Å². The highest BCUT2D eigenvalue weighted by Crippen LogP contribution is 2.29. The smallest absolute Gasteiger partial charge is 0.261 e. The number of alkyl halides is 3. The maximum absolute atomic E-state index is 12.0. The molecule has 0 unspecified atom stereocenters. The van der Waals surface area contributed by atoms with Gasteiger partial charge in [0.15, 0.2) is 0 Å². The highest BCUT2D eigenvalue weighted by molar-refractivity contribution is 5.25. The summed E-state index contributed by atoms with van der Waals surface area (Å²) >= 11 is 0. The van der Waals surface area contributed by atoms with Gasteiger partial charge in [-0.05, 0) is 124 Å². The molecular weight excluding hydrogens is 996 g/mol. The Hall–Kier alpha value is -7.30. The molecule has 9 aromatic rings. The lowest BCUT2D eigenvalue weighted by Gasteiger charge is -2.05. The molecule has 1 nitrogen and oxygen atoms in total.